The predicted octanol–water partition coefficient (Wildman–Crippen LogP) is 5.36. The van der Waals surface area contributed by atoms with Crippen LogP contribution in [0.25, 0.3) is 22.3 Å². The second-order valence-electron chi connectivity index (χ2n) is 6.86. The summed E-state index contributed by atoms with van der Waals surface area (Å²) in [5.41, 5.74) is 1.37. The zero-order chi connectivity index (χ0) is 22.0. The summed E-state index contributed by atoms with van der Waals surface area (Å²) >= 11 is 12.3. The van der Waals surface area contributed by atoms with Crippen LogP contribution < -0.4 is 15.5 Å². The molecule has 0 aliphatic heterocycles. The summed E-state index contributed by atoms with van der Waals surface area (Å²) in [4.78, 5) is 25.4. The molecule has 158 valence electrons. The van der Waals surface area contributed by atoms with Gasteiger partial charge in [-0.15, -0.1) is 0 Å². The molecule has 8 heteroatoms. The van der Waals surface area contributed by atoms with Gasteiger partial charge in [-0.05, 0) is 31.2 Å². The van der Waals surface area contributed by atoms with Gasteiger partial charge in [0.05, 0.1) is 23.2 Å². The van der Waals surface area contributed by atoms with Gasteiger partial charge in [-0.25, -0.2) is 0 Å². The van der Waals surface area contributed by atoms with Crippen molar-refractivity contribution in [3.63, 3.8) is 0 Å². The molecule has 0 unspecified atom stereocenters. The van der Waals surface area contributed by atoms with E-state index in [1.165, 1.54) is 18.4 Å². The molecule has 0 spiro atoms. The smallest absolute Gasteiger partial charge is 0.258 e. The Balaban J connectivity index is 1.70. The van der Waals surface area contributed by atoms with Crippen molar-refractivity contribution in [2.45, 2.75) is 13.5 Å². The topological polar surface area (TPSA) is 81.7 Å². The van der Waals surface area contributed by atoms with Crippen LogP contribution in [0.4, 0.5) is 0 Å². The molecule has 1 amide bonds. The highest BCUT2D eigenvalue weighted by Gasteiger charge is 2.21. The van der Waals surface area contributed by atoms with E-state index in [4.69, 9.17) is 36.8 Å². The number of furan rings is 1. The number of hydrogen-bond acceptors (Lipinski definition) is 5. The van der Waals surface area contributed by atoms with Crippen molar-refractivity contribution in [1.82, 2.24) is 5.32 Å². The van der Waals surface area contributed by atoms with Crippen LogP contribution in [0.15, 0.2) is 68.4 Å². The molecule has 1 N–H and O–H groups in total. The van der Waals surface area contributed by atoms with Gasteiger partial charge in [0.15, 0.2) is 18.0 Å². The molecular weight excluding hydrogens is 441 g/mol. The molecule has 0 aliphatic carbocycles. The molecule has 0 aliphatic rings. The van der Waals surface area contributed by atoms with E-state index in [1.54, 1.807) is 24.3 Å². The van der Waals surface area contributed by atoms with Crippen LogP contribution in [0.1, 0.15) is 11.3 Å². The molecule has 31 heavy (non-hydrogen) atoms. The highest BCUT2D eigenvalue weighted by molar-refractivity contribution is 6.38. The lowest BCUT2D eigenvalue weighted by atomic mass is 10.1. The Hall–Kier alpha value is -3.22. The Labute approximate surface area is 187 Å². The van der Waals surface area contributed by atoms with E-state index >= 15 is 0 Å². The SMILES string of the molecule is Cc1ccc(-c2oc3c(Cl)cc(Cl)cc3c(=O)c2OCC(=O)NCc2ccco2)cc1. The summed E-state index contributed by atoms with van der Waals surface area (Å²) in [6, 6.07) is 13.8. The van der Waals surface area contributed by atoms with Crippen LogP contribution >= 0.6 is 23.2 Å². The third-order valence-corrected chi connectivity index (χ3v) is 5.07. The van der Waals surface area contributed by atoms with E-state index in [-0.39, 0.29) is 45.7 Å². The molecule has 4 rings (SSSR count). The summed E-state index contributed by atoms with van der Waals surface area (Å²) in [6.45, 7) is 1.77. The summed E-state index contributed by atoms with van der Waals surface area (Å²) in [5, 5.41) is 3.32. The average molecular weight is 458 g/mol. The third-order valence-electron chi connectivity index (χ3n) is 4.57. The van der Waals surface area contributed by atoms with Gasteiger partial charge in [0, 0.05) is 10.6 Å². The van der Waals surface area contributed by atoms with Gasteiger partial charge in [-0.1, -0.05) is 53.0 Å². The minimum atomic E-state index is -0.472. The fourth-order valence-corrected chi connectivity index (χ4v) is 3.55. The number of ether oxygens (including phenoxy) is 1. The summed E-state index contributed by atoms with van der Waals surface area (Å²) < 4.78 is 16.8. The van der Waals surface area contributed by atoms with E-state index in [0.29, 0.717) is 11.3 Å². The number of halogens is 2. The maximum absolute atomic E-state index is 13.2. The number of nitrogens with one attached hydrogen (secondary N) is 1. The Morgan fingerprint density at radius 3 is 2.61 bits per heavy atom. The Kier molecular flexibility index (Phi) is 6.02. The fourth-order valence-electron chi connectivity index (χ4n) is 3.02. The number of carbonyl (C=O) groups excluding carboxylic acids is 1. The number of amides is 1. The predicted molar refractivity (Wildman–Crippen MR) is 119 cm³/mol. The molecule has 0 saturated heterocycles. The fraction of sp³-hybridized carbons (Fsp3) is 0.130. The number of aryl methyl sites for hydroxylation is 1. The van der Waals surface area contributed by atoms with E-state index in [0.717, 1.165) is 5.56 Å². The van der Waals surface area contributed by atoms with Crippen LogP contribution in [-0.4, -0.2) is 12.5 Å². The lowest BCUT2D eigenvalue weighted by Gasteiger charge is -2.12. The first kappa shape index (κ1) is 21.0. The Bertz CT molecular complexity index is 1290. The maximum Gasteiger partial charge on any atom is 0.258 e. The summed E-state index contributed by atoms with van der Waals surface area (Å²) in [7, 11) is 0. The standard InChI is InChI=1S/C23H17Cl2NO5/c1-13-4-6-14(7-5-13)21-23(30-12-19(27)26-11-16-3-2-8-29-16)20(28)17-9-15(24)10-18(25)22(17)31-21/h2-10H,11-12H2,1H3,(H,26,27). The Morgan fingerprint density at radius 1 is 1.13 bits per heavy atom. The van der Waals surface area contributed by atoms with Gasteiger partial charge in [-0.2, -0.15) is 0 Å². The van der Waals surface area contributed by atoms with E-state index in [9.17, 15) is 9.59 Å². The van der Waals surface area contributed by atoms with Gasteiger partial charge in [0.25, 0.3) is 5.91 Å². The van der Waals surface area contributed by atoms with Crippen LogP contribution in [0.5, 0.6) is 5.75 Å². The summed E-state index contributed by atoms with van der Waals surface area (Å²) in [6.07, 6.45) is 1.52. The van der Waals surface area contributed by atoms with Gasteiger partial charge < -0.3 is 18.9 Å². The number of carbonyl (C=O) groups is 1. The van der Waals surface area contributed by atoms with Crippen LogP contribution in [-0.2, 0) is 11.3 Å². The van der Waals surface area contributed by atoms with Crippen molar-refractivity contribution in [3.05, 3.63) is 86.4 Å². The van der Waals surface area contributed by atoms with Crippen LogP contribution in [0, 0.1) is 6.92 Å². The van der Waals surface area contributed by atoms with Gasteiger partial charge in [-0.3, -0.25) is 9.59 Å². The van der Waals surface area contributed by atoms with Gasteiger partial charge >= 0.3 is 0 Å². The summed E-state index contributed by atoms with van der Waals surface area (Å²) in [5.74, 6) is 0.265. The van der Waals surface area contributed by atoms with Crippen molar-refractivity contribution in [1.29, 1.82) is 0 Å². The van der Waals surface area contributed by atoms with Crippen molar-refractivity contribution < 1.29 is 18.4 Å². The first-order valence-electron chi connectivity index (χ1n) is 9.37. The van der Waals surface area contributed by atoms with Crippen molar-refractivity contribution in [2.75, 3.05) is 6.61 Å². The lowest BCUT2D eigenvalue weighted by molar-refractivity contribution is -0.123. The second kappa shape index (κ2) is 8.88. The Morgan fingerprint density at radius 2 is 1.90 bits per heavy atom. The average Bonchev–Trinajstić information content (AvgIpc) is 3.26. The third kappa shape index (κ3) is 4.60. The largest absolute Gasteiger partial charge is 0.476 e. The number of rotatable bonds is 6. The lowest BCUT2D eigenvalue weighted by Crippen LogP contribution is -2.29. The number of fused-ring (bicyclic) bond motifs is 1. The van der Waals surface area contributed by atoms with Crippen molar-refractivity contribution >= 4 is 40.1 Å². The van der Waals surface area contributed by atoms with Crippen molar-refractivity contribution in [3.8, 4) is 17.1 Å². The molecule has 0 fully saturated rings. The monoisotopic (exact) mass is 457 g/mol. The minimum absolute atomic E-state index is 0.0946. The molecule has 2 heterocycles. The van der Waals surface area contributed by atoms with Crippen molar-refractivity contribution in [2.24, 2.45) is 0 Å². The molecule has 6 nitrogen and oxygen atoms in total. The molecule has 0 bridgehead atoms. The highest BCUT2D eigenvalue weighted by atomic mass is 35.5. The normalized spacial score (nSPS) is 10.9. The maximum atomic E-state index is 13.2. The second-order valence-corrected chi connectivity index (χ2v) is 7.71. The van der Waals surface area contributed by atoms with E-state index in [2.05, 4.69) is 5.32 Å². The minimum Gasteiger partial charge on any atom is -0.476 e. The molecular formula is C23H17Cl2NO5. The number of hydrogen-bond donors (Lipinski definition) is 1. The van der Waals surface area contributed by atoms with Gasteiger partial charge in [0.2, 0.25) is 11.2 Å². The quantitative estimate of drug-likeness (QED) is 0.421. The number of benzene rings is 2. The molecule has 0 atom stereocenters. The molecule has 2 aromatic carbocycles. The highest BCUT2D eigenvalue weighted by Crippen LogP contribution is 2.35. The molecule has 0 radical (unpaired) electrons. The zero-order valence-electron chi connectivity index (χ0n) is 16.4. The molecule has 2 aromatic heterocycles. The molecule has 4 aromatic rings. The van der Waals surface area contributed by atoms with E-state index < -0.39 is 11.3 Å². The van der Waals surface area contributed by atoms with Gasteiger partial charge in [0.1, 0.15) is 5.76 Å². The van der Waals surface area contributed by atoms with Crippen LogP contribution in [0.2, 0.25) is 10.0 Å². The van der Waals surface area contributed by atoms with E-state index in [1.807, 2.05) is 19.1 Å². The molecule has 0 saturated carbocycles. The zero-order valence-corrected chi connectivity index (χ0v) is 17.9. The first-order valence-corrected chi connectivity index (χ1v) is 10.1. The first-order chi connectivity index (χ1) is 14.9. The van der Waals surface area contributed by atoms with Crippen LogP contribution in [0.3, 0.4) is 0 Å².